The third-order valence-electron chi connectivity index (χ3n) is 3.21. The molecule has 0 heterocycles. The van der Waals surface area contributed by atoms with E-state index >= 15 is 0 Å². The Labute approximate surface area is 110 Å². The van der Waals surface area contributed by atoms with Crippen LogP contribution >= 0.6 is 11.8 Å². The van der Waals surface area contributed by atoms with Gasteiger partial charge in [-0.15, -0.1) is 0 Å². The van der Waals surface area contributed by atoms with Crippen molar-refractivity contribution in [1.29, 1.82) is 0 Å². The molecule has 0 aliphatic carbocycles. The molecule has 0 bridgehead atoms. The van der Waals surface area contributed by atoms with Gasteiger partial charge in [0, 0.05) is 0 Å². The lowest BCUT2D eigenvalue weighted by Gasteiger charge is -2.16. The third-order valence-corrected chi connectivity index (χ3v) is 4.19. The Morgan fingerprint density at radius 3 is 2.71 bits per heavy atom. The van der Waals surface area contributed by atoms with E-state index in [9.17, 15) is 0 Å². The maximum absolute atomic E-state index is 5.88. The molecule has 1 aromatic carbocycles. The van der Waals surface area contributed by atoms with E-state index in [4.69, 9.17) is 5.73 Å². The topological polar surface area (TPSA) is 26.0 Å². The maximum atomic E-state index is 5.88. The van der Waals surface area contributed by atoms with E-state index in [2.05, 4.69) is 38.1 Å². The van der Waals surface area contributed by atoms with Crippen molar-refractivity contribution in [3.05, 3.63) is 35.4 Å². The van der Waals surface area contributed by atoms with Crippen molar-refractivity contribution in [2.24, 2.45) is 11.7 Å². The smallest absolute Gasteiger partial charge is 0.00457 e. The van der Waals surface area contributed by atoms with Gasteiger partial charge in [0.05, 0.1) is 0 Å². The van der Waals surface area contributed by atoms with Crippen LogP contribution in [-0.4, -0.2) is 18.1 Å². The van der Waals surface area contributed by atoms with Crippen molar-refractivity contribution in [2.75, 3.05) is 18.1 Å². The van der Waals surface area contributed by atoms with Gasteiger partial charge in [0.15, 0.2) is 0 Å². The van der Waals surface area contributed by atoms with E-state index in [0.29, 0.717) is 5.92 Å². The fraction of sp³-hybridized carbons (Fsp3) is 0.600. The Balaban J connectivity index is 2.38. The maximum Gasteiger partial charge on any atom is -0.00457 e. The fourth-order valence-electron chi connectivity index (χ4n) is 2.07. The zero-order valence-electron chi connectivity index (χ0n) is 11.1. The van der Waals surface area contributed by atoms with Gasteiger partial charge in [-0.1, -0.05) is 31.2 Å². The van der Waals surface area contributed by atoms with Crippen LogP contribution in [0.3, 0.4) is 0 Å². The van der Waals surface area contributed by atoms with Crippen molar-refractivity contribution in [1.82, 2.24) is 0 Å². The van der Waals surface area contributed by atoms with Crippen LogP contribution < -0.4 is 5.73 Å². The van der Waals surface area contributed by atoms with Gasteiger partial charge in [-0.3, -0.25) is 0 Å². The Hall–Kier alpha value is -0.470. The highest BCUT2D eigenvalue weighted by molar-refractivity contribution is 7.99. The Bertz CT molecular complexity index is 312. The molecule has 1 nitrogen and oxygen atoms in total. The lowest BCUT2D eigenvalue weighted by molar-refractivity contribution is 0.488. The average molecular weight is 251 g/mol. The molecule has 1 atom stereocenters. The molecule has 1 unspecified atom stereocenters. The normalized spacial score (nSPS) is 12.6. The quantitative estimate of drug-likeness (QED) is 0.714. The van der Waals surface area contributed by atoms with Crippen molar-refractivity contribution in [3.63, 3.8) is 0 Å². The number of benzene rings is 1. The van der Waals surface area contributed by atoms with E-state index < -0.39 is 0 Å². The lowest BCUT2D eigenvalue weighted by Crippen LogP contribution is -2.17. The van der Waals surface area contributed by atoms with E-state index in [1.165, 1.54) is 35.5 Å². The molecule has 2 N–H and O–H groups in total. The molecule has 17 heavy (non-hydrogen) atoms. The number of thioether (sulfide) groups is 1. The van der Waals surface area contributed by atoms with Crippen LogP contribution in [-0.2, 0) is 6.42 Å². The molecule has 0 aliphatic rings. The minimum absolute atomic E-state index is 0.647. The molecule has 0 amide bonds. The highest BCUT2D eigenvalue weighted by Gasteiger charge is 2.08. The Morgan fingerprint density at radius 2 is 2.06 bits per heavy atom. The summed E-state index contributed by atoms with van der Waals surface area (Å²) in [4.78, 5) is 0. The van der Waals surface area contributed by atoms with Gasteiger partial charge < -0.3 is 5.73 Å². The summed E-state index contributed by atoms with van der Waals surface area (Å²) >= 11 is 2.03. The molecule has 2 heteroatoms. The van der Waals surface area contributed by atoms with E-state index in [0.717, 1.165) is 13.0 Å². The standard InChI is InChI=1S/C15H25NS/c1-3-17-10-6-8-14(12-16)11-15-9-5-4-7-13(15)2/h4-5,7,9,14H,3,6,8,10-12,16H2,1-2H3. The second kappa shape index (κ2) is 8.60. The predicted octanol–water partition coefficient (Wildman–Crippen LogP) is 3.65. The molecule has 1 aromatic rings. The monoisotopic (exact) mass is 251 g/mol. The van der Waals surface area contributed by atoms with Gasteiger partial charge in [0.1, 0.15) is 0 Å². The molecule has 0 saturated heterocycles. The summed E-state index contributed by atoms with van der Waals surface area (Å²) in [5.41, 5.74) is 8.74. The Morgan fingerprint density at radius 1 is 1.29 bits per heavy atom. The van der Waals surface area contributed by atoms with Gasteiger partial charge in [0.2, 0.25) is 0 Å². The van der Waals surface area contributed by atoms with E-state index in [1.54, 1.807) is 0 Å². The summed E-state index contributed by atoms with van der Waals surface area (Å²) in [5.74, 6) is 3.15. The summed E-state index contributed by atoms with van der Waals surface area (Å²) in [6.07, 6.45) is 3.70. The SMILES string of the molecule is CCSCCCC(CN)Cc1ccccc1C. The summed E-state index contributed by atoms with van der Waals surface area (Å²) in [6.45, 7) is 5.22. The van der Waals surface area contributed by atoms with Crippen molar-refractivity contribution >= 4 is 11.8 Å². The molecule has 0 spiro atoms. The largest absolute Gasteiger partial charge is 0.330 e. The molecule has 96 valence electrons. The van der Waals surface area contributed by atoms with Crippen LogP contribution in [0.2, 0.25) is 0 Å². The number of nitrogens with two attached hydrogens (primary N) is 1. The van der Waals surface area contributed by atoms with Gasteiger partial charge in [0.25, 0.3) is 0 Å². The molecular formula is C15H25NS. The lowest BCUT2D eigenvalue weighted by atomic mass is 9.93. The number of rotatable bonds is 8. The minimum atomic E-state index is 0.647. The first-order valence-corrected chi connectivity index (χ1v) is 7.75. The summed E-state index contributed by atoms with van der Waals surface area (Å²) < 4.78 is 0. The first-order valence-electron chi connectivity index (χ1n) is 6.60. The molecule has 0 aliphatic heterocycles. The van der Waals surface area contributed by atoms with E-state index in [1.807, 2.05) is 11.8 Å². The van der Waals surface area contributed by atoms with Gasteiger partial charge >= 0.3 is 0 Å². The first kappa shape index (κ1) is 14.6. The average Bonchev–Trinajstić information content (AvgIpc) is 2.35. The zero-order chi connectivity index (χ0) is 12.5. The van der Waals surface area contributed by atoms with Crippen molar-refractivity contribution in [2.45, 2.75) is 33.1 Å². The second-order valence-corrected chi connectivity index (χ2v) is 5.97. The van der Waals surface area contributed by atoms with Crippen LogP contribution in [0.1, 0.15) is 30.9 Å². The molecule has 0 radical (unpaired) electrons. The van der Waals surface area contributed by atoms with E-state index in [-0.39, 0.29) is 0 Å². The first-order chi connectivity index (χ1) is 8.27. The number of hydrogen-bond acceptors (Lipinski definition) is 2. The van der Waals surface area contributed by atoms with Crippen LogP contribution in [0.15, 0.2) is 24.3 Å². The van der Waals surface area contributed by atoms with Crippen LogP contribution in [0, 0.1) is 12.8 Å². The highest BCUT2D eigenvalue weighted by atomic mass is 32.2. The van der Waals surface area contributed by atoms with Crippen LogP contribution in [0.4, 0.5) is 0 Å². The fourth-order valence-corrected chi connectivity index (χ4v) is 2.73. The molecule has 0 saturated carbocycles. The van der Waals surface area contributed by atoms with Crippen molar-refractivity contribution < 1.29 is 0 Å². The molecular weight excluding hydrogens is 226 g/mol. The Kier molecular flexibility index (Phi) is 7.38. The van der Waals surface area contributed by atoms with Crippen LogP contribution in [0.25, 0.3) is 0 Å². The summed E-state index contributed by atoms with van der Waals surface area (Å²) in [7, 11) is 0. The predicted molar refractivity (Wildman–Crippen MR) is 79.7 cm³/mol. The van der Waals surface area contributed by atoms with Gasteiger partial charge in [-0.2, -0.15) is 11.8 Å². The summed E-state index contributed by atoms with van der Waals surface area (Å²) in [5, 5.41) is 0. The molecule has 0 aromatic heterocycles. The number of aryl methyl sites for hydroxylation is 1. The summed E-state index contributed by atoms with van der Waals surface area (Å²) in [6, 6.07) is 8.66. The molecule has 0 fully saturated rings. The van der Waals surface area contributed by atoms with Crippen LogP contribution in [0.5, 0.6) is 0 Å². The highest BCUT2D eigenvalue weighted by Crippen LogP contribution is 2.17. The van der Waals surface area contributed by atoms with Gasteiger partial charge in [-0.25, -0.2) is 0 Å². The molecule has 1 rings (SSSR count). The van der Waals surface area contributed by atoms with Gasteiger partial charge in [-0.05, 0) is 61.3 Å². The second-order valence-electron chi connectivity index (χ2n) is 4.57. The number of hydrogen-bond donors (Lipinski definition) is 1. The minimum Gasteiger partial charge on any atom is -0.330 e. The third kappa shape index (κ3) is 5.60. The van der Waals surface area contributed by atoms with Crippen molar-refractivity contribution in [3.8, 4) is 0 Å². The zero-order valence-corrected chi connectivity index (χ0v) is 11.9.